The summed E-state index contributed by atoms with van der Waals surface area (Å²) in [4.78, 5) is 24.7. The molecule has 0 spiro atoms. The number of benzene rings is 2. The number of carbonyl (C=O) groups is 1. The molecule has 3 aromatic rings. The largest absolute Gasteiger partial charge is 0.343 e. The minimum atomic E-state index is -0.441. The Bertz CT molecular complexity index is 1020. The number of hydrogen-bond donors (Lipinski definition) is 2. The van der Waals surface area contributed by atoms with E-state index in [1.807, 2.05) is 37.3 Å². The van der Waals surface area contributed by atoms with Gasteiger partial charge < -0.3 is 5.32 Å². The molecule has 0 aliphatic heterocycles. The lowest BCUT2D eigenvalue weighted by Crippen LogP contribution is -2.24. The maximum atomic E-state index is 12.6. The highest BCUT2D eigenvalue weighted by atomic mass is 35.5. The first-order valence-corrected chi connectivity index (χ1v) is 10.1. The van der Waals surface area contributed by atoms with E-state index in [0.717, 1.165) is 11.1 Å². The van der Waals surface area contributed by atoms with Crippen molar-refractivity contribution in [2.45, 2.75) is 37.2 Å². The van der Waals surface area contributed by atoms with Gasteiger partial charge in [-0.3, -0.25) is 9.36 Å². The number of hydrogen-bond acceptors (Lipinski definition) is 4. The fourth-order valence-corrected chi connectivity index (χ4v) is 3.72. The van der Waals surface area contributed by atoms with Crippen molar-refractivity contribution in [1.29, 1.82) is 0 Å². The number of aryl methyl sites for hydroxylation is 1. The number of aromatic amines is 1. The first-order chi connectivity index (χ1) is 13.5. The number of rotatable bonds is 7. The summed E-state index contributed by atoms with van der Waals surface area (Å²) >= 11 is 7.35. The number of H-pyrrole nitrogens is 1. The molecule has 0 bridgehead atoms. The SMILES string of the molecule is Cc1c(Cl)cccc1NC(=O)C(C)Sc1n[nH]c(=O)n1CCc1ccccc1. The molecule has 0 saturated carbocycles. The topological polar surface area (TPSA) is 79.8 Å². The van der Waals surface area contributed by atoms with E-state index in [9.17, 15) is 9.59 Å². The molecule has 0 aliphatic rings. The standard InChI is InChI=1S/C20H21ClN4O2S/c1-13-16(21)9-6-10-17(13)22-18(26)14(2)28-20-24-23-19(27)25(20)12-11-15-7-4-3-5-8-15/h3-10,14H,11-12H2,1-2H3,(H,22,26)(H,23,27). The van der Waals surface area contributed by atoms with Crippen LogP contribution in [0.1, 0.15) is 18.1 Å². The monoisotopic (exact) mass is 416 g/mol. The molecule has 0 aliphatic carbocycles. The Morgan fingerprint density at radius 3 is 2.75 bits per heavy atom. The van der Waals surface area contributed by atoms with Crippen LogP contribution in [-0.2, 0) is 17.8 Å². The summed E-state index contributed by atoms with van der Waals surface area (Å²) in [5, 5.41) is 10.1. The molecule has 1 heterocycles. The average molecular weight is 417 g/mol. The van der Waals surface area contributed by atoms with E-state index in [-0.39, 0.29) is 11.6 Å². The van der Waals surface area contributed by atoms with Gasteiger partial charge in [0.1, 0.15) is 0 Å². The summed E-state index contributed by atoms with van der Waals surface area (Å²) in [6.45, 7) is 4.12. The zero-order chi connectivity index (χ0) is 20.1. The number of nitrogens with one attached hydrogen (secondary N) is 2. The number of carbonyl (C=O) groups excluding carboxylic acids is 1. The van der Waals surface area contributed by atoms with Crippen LogP contribution in [0.4, 0.5) is 5.69 Å². The molecule has 1 unspecified atom stereocenters. The van der Waals surface area contributed by atoms with Gasteiger partial charge in [0, 0.05) is 17.3 Å². The number of nitrogens with zero attached hydrogens (tertiary/aromatic N) is 2. The molecule has 0 fully saturated rings. The first kappa shape index (κ1) is 20.2. The van der Waals surface area contributed by atoms with Crippen LogP contribution in [0.5, 0.6) is 0 Å². The van der Waals surface area contributed by atoms with Crippen LogP contribution < -0.4 is 11.0 Å². The molecule has 0 radical (unpaired) electrons. The minimum absolute atomic E-state index is 0.180. The van der Waals surface area contributed by atoms with Crippen LogP contribution in [0.3, 0.4) is 0 Å². The molecule has 0 saturated heterocycles. The molecule has 2 N–H and O–H groups in total. The van der Waals surface area contributed by atoms with Crippen molar-refractivity contribution in [1.82, 2.24) is 14.8 Å². The highest BCUT2D eigenvalue weighted by Gasteiger charge is 2.20. The second-order valence-corrected chi connectivity index (χ2v) is 8.08. The molecule has 28 heavy (non-hydrogen) atoms. The van der Waals surface area contributed by atoms with Gasteiger partial charge in [0.25, 0.3) is 0 Å². The third kappa shape index (κ3) is 4.85. The number of anilines is 1. The Hall–Kier alpha value is -2.51. The summed E-state index contributed by atoms with van der Waals surface area (Å²) in [6.07, 6.45) is 0.704. The molecule has 1 aromatic heterocycles. The van der Waals surface area contributed by atoms with Crippen LogP contribution in [-0.4, -0.2) is 25.9 Å². The summed E-state index contributed by atoms with van der Waals surface area (Å²) in [5.41, 5.74) is 2.34. The van der Waals surface area contributed by atoms with Crippen LogP contribution in [0.2, 0.25) is 5.02 Å². The van der Waals surface area contributed by atoms with E-state index in [2.05, 4.69) is 15.5 Å². The van der Waals surface area contributed by atoms with Gasteiger partial charge in [-0.2, -0.15) is 0 Å². The number of halogens is 1. The van der Waals surface area contributed by atoms with Gasteiger partial charge in [0.15, 0.2) is 5.16 Å². The Morgan fingerprint density at radius 2 is 2.00 bits per heavy atom. The summed E-state index contributed by atoms with van der Waals surface area (Å²) < 4.78 is 1.56. The van der Waals surface area contributed by atoms with Gasteiger partial charge in [0.05, 0.1) is 5.25 Å². The van der Waals surface area contributed by atoms with Crippen LogP contribution in [0.25, 0.3) is 0 Å². The van der Waals surface area contributed by atoms with Gasteiger partial charge >= 0.3 is 5.69 Å². The lowest BCUT2D eigenvalue weighted by Gasteiger charge is -2.14. The minimum Gasteiger partial charge on any atom is -0.325 e. The van der Waals surface area contributed by atoms with Crippen molar-refractivity contribution in [3.05, 3.63) is 75.2 Å². The molecule has 146 valence electrons. The predicted octanol–water partition coefficient (Wildman–Crippen LogP) is 3.90. The predicted molar refractivity (Wildman–Crippen MR) is 113 cm³/mol. The van der Waals surface area contributed by atoms with Gasteiger partial charge in [-0.05, 0) is 43.5 Å². The third-order valence-electron chi connectivity index (χ3n) is 4.37. The molecule has 1 amide bonds. The van der Waals surface area contributed by atoms with Crippen molar-refractivity contribution in [3.63, 3.8) is 0 Å². The second-order valence-electron chi connectivity index (χ2n) is 6.36. The normalized spacial score (nSPS) is 12.0. The number of amides is 1. The van der Waals surface area contributed by atoms with Crippen molar-refractivity contribution >= 4 is 35.0 Å². The fourth-order valence-electron chi connectivity index (χ4n) is 2.66. The van der Waals surface area contributed by atoms with Crippen LogP contribution in [0, 0.1) is 6.92 Å². The Kier molecular flexibility index (Phi) is 6.59. The van der Waals surface area contributed by atoms with E-state index in [1.165, 1.54) is 11.8 Å². The van der Waals surface area contributed by atoms with E-state index < -0.39 is 5.25 Å². The van der Waals surface area contributed by atoms with Crippen molar-refractivity contribution < 1.29 is 4.79 Å². The Balaban J connectivity index is 1.67. The highest BCUT2D eigenvalue weighted by Crippen LogP contribution is 2.25. The number of thioether (sulfide) groups is 1. The van der Waals surface area contributed by atoms with Gasteiger partial charge in [0.2, 0.25) is 5.91 Å². The third-order valence-corrected chi connectivity index (χ3v) is 5.87. The van der Waals surface area contributed by atoms with Gasteiger partial charge in [-0.15, -0.1) is 5.10 Å². The molecule has 1 atom stereocenters. The van der Waals surface area contributed by atoms with Crippen LogP contribution in [0.15, 0.2) is 58.5 Å². The van der Waals surface area contributed by atoms with Crippen LogP contribution >= 0.6 is 23.4 Å². The Morgan fingerprint density at radius 1 is 1.25 bits per heavy atom. The maximum absolute atomic E-state index is 12.6. The lowest BCUT2D eigenvalue weighted by atomic mass is 10.1. The van der Waals surface area contributed by atoms with Gasteiger partial charge in [-0.1, -0.05) is 59.8 Å². The second kappa shape index (κ2) is 9.12. The summed E-state index contributed by atoms with van der Waals surface area (Å²) in [5.74, 6) is -0.180. The molecule has 6 nitrogen and oxygen atoms in total. The number of aromatic nitrogens is 3. The fraction of sp³-hybridized carbons (Fsp3) is 0.250. The maximum Gasteiger partial charge on any atom is 0.343 e. The van der Waals surface area contributed by atoms with E-state index in [1.54, 1.807) is 29.7 Å². The lowest BCUT2D eigenvalue weighted by molar-refractivity contribution is -0.115. The van der Waals surface area contributed by atoms with E-state index in [4.69, 9.17) is 11.6 Å². The van der Waals surface area contributed by atoms with Crippen molar-refractivity contribution in [2.75, 3.05) is 5.32 Å². The first-order valence-electron chi connectivity index (χ1n) is 8.87. The average Bonchev–Trinajstić information content (AvgIpc) is 3.04. The van der Waals surface area contributed by atoms with E-state index in [0.29, 0.717) is 28.8 Å². The Labute approximate surface area is 172 Å². The molecule has 3 rings (SSSR count). The van der Waals surface area contributed by atoms with Gasteiger partial charge in [-0.25, -0.2) is 9.89 Å². The molecular weight excluding hydrogens is 396 g/mol. The quantitative estimate of drug-likeness (QED) is 0.572. The van der Waals surface area contributed by atoms with E-state index >= 15 is 0 Å². The molecule has 8 heteroatoms. The zero-order valence-electron chi connectivity index (χ0n) is 15.6. The summed E-state index contributed by atoms with van der Waals surface area (Å²) in [7, 11) is 0. The molecule has 2 aromatic carbocycles. The smallest absolute Gasteiger partial charge is 0.325 e. The van der Waals surface area contributed by atoms with Crippen molar-refractivity contribution in [3.8, 4) is 0 Å². The summed E-state index contributed by atoms with van der Waals surface area (Å²) in [6, 6.07) is 15.3. The zero-order valence-corrected chi connectivity index (χ0v) is 17.2. The molecular formula is C20H21ClN4O2S. The van der Waals surface area contributed by atoms with Crippen molar-refractivity contribution in [2.24, 2.45) is 0 Å². The highest BCUT2D eigenvalue weighted by molar-refractivity contribution is 8.00.